The summed E-state index contributed by atoms with van der Waals surface area (Å²) >= 11 is 1.24. The van der Waals surface area contributed by atoms with Gasteiger partial charge in [-0.2, -0.15) is 0 Å². The van der Waals surface area contributed by atoms with Crippen molar-refractivity contribution in [1.82, 2.24) is 5.06 Å². The summed E-state index contributed by atoms with van der Waals surface area (Å²) in [7, 11) is 0. The van der Waals surface area contributed by atoms with Crippen molar-refractivity contribution in [1.29, 1.82) is 0 Å². The summed E-state index contributed by atoms with van der Waals surface area (Å²) in [6, 6.07) is 9.03. The third kappa shape index (κ3) is 6.82. The molecular weight excluding hydrogens is 464 g/mol. The normalized spacial score (nSPS) is 16.9. The first-order valence-corrected chi connectivity index (χ1v) is 13.3. The van der Waals surface area contributed by atoms with Gasteiger partial charge in [0.2, 0.25) is 0 Å². The van der Waals surface area contributed by atoms with Gasteiger partial charge in [0.15, 0.2) is 0 Å². The third-order valence-electron chi connectivity index (χ3n) is 6.92. The van der Waals surface area contributed by atoms with E-state index in [4.69, 9.17) is 16.3 Å². The molecule has 2 aromatic rings. The summed E-state index contributed by atoms with van der Waals surface area (Å²) in [5.74, 6) is -0.331. The molecule has 0 bridgehead atoms. The second-order valence-electron chi connectivity index (χ2n) is 9.59. The van der Waals surface area contributed by atoms with E-state index in [1.54, 1.807) is 6.07 Å². The highest BCUT2D eigenvalue weighted by Crippen LogP contribution is 2.36. The molecule has 35 heavy (non-hydrogen) atoms. The maximum Gasteiger partial charge on any atom is 0.325 e. The molecule has 5 N–H and O–H groups in total. The molecule has 0 unspecified atom stereocenters. The van der Waals surface area contributed by atoms with E-state index >= 15 is 0 Å². The maximum absolute atomic E-state index is 12.8. The maximum atomic E-state index is 12.8. The van der Waals surface area contributed by atoms with Crippen LogP contribution >= 0.6 is 11.3 Å². The van der Waals surface area contributed by atoms with Crippen LogP contribution in [0.25, 0.3) is 10.4 Å². The minimum absolute atomic E-state index is 0.133. The van der Waals surface area contributed by atoms with E-state index < -0.39 is 11.9 Å². The average molecular weight is 499 g/mol. The van der Waals surface area contributed by atoms with Gasteiger partial charge in [-0.1, -0.05) is 50.3 Å². The average Bonchev–Trinajstić information content (AvgIpc) is 3.50. The second kappa shape index (κ2) is 11.7. The van der Waals surface area contributed by atoms with Crippen molar-refractivity contribution in [3.8, 4) is 10.4 Å². The highest BCUT2D eigenvalue weighted by Gasteiger charge is 2.28. The fourth-order valence-electron chi connectivity index (χ4n) is 5.15. The Morgan fingerprint density at radius 3 is 2.40 bits per heavy atom. The lowest BCUT2D eigenvalue weighted by Crippen LogP contribution is -2.35. The number of hydrogen-bond donors (Lipinski definition) is 3. The van der Waals surface area contributed by atoms with Gasteiger partial charge >= 0.3 is 12.0 Å². The summed E-state index contributed by atoms with van der Waals surface area (Å²) in [6.45, 7) is 0.495. The van der Waals surface area contributed by atoms with Crippen LogP contribution in [-0.4, -0.2) is 29.0 Å². The first-order chi connectivity index (χ1) is 16.9. The molecule has 0 atom stereocenters. The number of nitrogens with zero attached hydrogens (tertiary/aromatic N) is 1. The van der Waals surface area contributed by atoms with Crippen LogP contribution in [-0.2, 0) is 16.2 Å². The molecule has 1 heterocycles. The van der Waals surface area contributed by atoms with E-state index in [0.717, 1.165) is 54.5 Å². The number of nitrogens with two attached hydrogens (primary N) is 2. The van der Waals surface area contributed by atoms with Crippen molar-refractivity contribution in [2.75, 3.05) is 5.32 Å². The third-order valence-corrected chi connectivity index (χ3v) is 8.01. The van der Waals surface area contributed by atoms with E-state index in [2.05, 4.69) is 5.32 Å². The molecule has 8 nitrogen and oxygen atoms in total. The Hall–Kier alpha value is -2.91. The molecular formula is C26H34N4O4S. The van der Waals surface area contributed by atoms with Crippen LogP contribution in [0.15, 0.2) is 30.3 Å². The monoisotopic (exact) mass is 498 g/mol. The quantitative estimate of drug-likeness (QED) is 0.411. The van der Waals surface area contributed by atoms with Crippen molar-refractivity contribution in [3.63, 3.8) is 0 Å². The highest BCUT2D eigenvalue weighted by atomic mass is 32.1. The number of nitrogens with one attached hydrogen (secondary N) is 1. The molecule has 0 aliphatic heterocycles. The van der Waals surface area contributed by atoms with E-state index in [1.165, 1.54) is 30.6 Å². The minimum Gasteiger partial charge on any atom is -0.367 e. The molecule has 4 rings (SSSR count). The van der Waals surface area contributed by atoms with Gasteiger partial charge < -0.3 is 16.3 Å². The molecule has 0 radical (unpaired) electrons. The van der Waals surface area contributed by atoms with Crippen molar-refractivity contribution >= 4 is 34.2 Å². The van der Waals surface area contributed by atoms with Gasteiger partial charge in [-0.05, 0) is 54.9 Å². The predicted octanol–water partition coefficient (Wildman–Crippen LogP) is 5.18. The molecule has 2 saturated carbocycles. The number of carbonyl (C=O) groups excluding carboxylic acids is 3. The first-order valence-electron chi connectivity index (χ1n) is 12.5. The smallest absolute Gasteiger partial charge is 0.325 e. The molecule has 0 saturated heterocycles. The number of benzene rings is 1. The molecule has 2 aliphatic rings. The SMILES string of the molecule is NC(=O)Nc1sc(-c2cccc(CN(OC(=O)CC3CCCCC3)C3CCCC3)c2)cc1C(N)=O. The van der Waals surface area contributed by atoms with Crippen LogP contribution in [0.2, 0.25) is 0 Å². The summed E-state index contributed by atoms with van der Waals surface area (Å²) < 4.78 is 0. The number of hydrogen-bond acceptors (Lipinski definition) is 6. The number of urea groups is 1. The fraction of sp³-hybridized carbons (Fsp3) is 0.500. The lowest BCUT2D eigenvalue weighted by Gasteiger charge is -2.28. The number of carbonyl (C=O) groups is 3. The van der Waals surface area contributed by atoms with Crippen LogP contribution in [0.4, 0.5) is 9.80 Å². The Kier molecular flexibility index (Phi) is 8.41. The summed E-state index contributed by atoms with van der Waals surface area (Å²) in [4.78, 5) is 42.7. The topological polar surface area (TPSA) is 128 Å². The van der Waals surface area contributed by atoms with Crippen LogP contribution in [0.5, 0.6) is 0 Å². The van der Waals surface area contributed by atoms with E-state index in [9.17, 15) is 14.4 Å². The Morgan fingerprint density at radius 1 is 1.00 bits per heavy atom. The summed E-state index contributed by atoms with van der Waals surface area (Å²) in [5, 5.41) is 4.68. The number of anilines is 1. The Morgan fingerprint density at radius 2 is 1.71 bits per heavy atom. The van der Waals surface area contributed by atoms with Gasteiger partial charge in [0, 0.05) is 10.9 Å². The van der Waals surface area contributed by atoms with Crippen LogP contribution in [0.1, 0.15) is 80.1 Å². The number of thiophene rings is 1. The molecule has 3 amide bonds. The van der Waals surface area contributed by atoms with Crippen molar-refractivity contribution in [3.05, 3.63) is 41.5 Å². The zero-order valence-corrected chi connectivity index (χ0v) is 20.8. The van der Waals surface area contributed by atoms with Gasteiger partial charge in [-0.25, -0.2) is 4.79 Å². The Labute approximate surface area is 209 Å². The first kappa shape index (κ1) is 25.2. The van der Waals surface area contributed by atoms with Gasteiger partial charge in [0.1, 0.15) is 5.00 Å². The van der Waals surface area contributed by atoms with E-state index in [0.29, 0.717) is 23.9 Å². The fourth-order valence-corrected chi connectivity index (χ4v) is 6.21. The van der Waals surface area contributed by atoms with E-state index in [-0.39, 0.29) is 17.6 Å². The van der Waals surface area contributed by atoms with E-state index in [1.807, 2.05) is 29.3 Å². The predicted molar refractivity (Wildman–Crippen MR) is 137 cm³/mol. The van der Waals surface area contributed by atoms with Crippen LogP contribution in [0.3, 0.4) is 0 Å². The number of amides is 3. The largest absolute Gasteiger partial charge is 0.367 e. The minimum atomic E-state index is -0.753. The van der Waals surface area contributed by atoms with Gasteiger partial charge in [-0.3, -0.25) is 14.9 Å². The van der Waals surface area contributed by atoms with Gasteiger partial charge in [0.05, 0.1) is 18.5 Å². The Balaban J connectivity index is 1.50. The zero-order valence-electron chi connectivity index (χ0n) is 20.0. The molecule has 1 aromatic heterocycles. The lowest BCUT2D eigenvalue weighted by molar-refractivity contribution is -0.206. The second-order valence-corrected chi connectivity index (χ2v) is 10.6. The standard InChI is InChI=1S/C26H34N4O4S/c27-24(32)21-15-22(35-25(21)29-26(28)33)19-10-6-9-18(13-19)16-30(20-11-4-5-12-20)34-23(31)14-17-7-2-1-3-8-17/h6,9-10,13,15,17,20H,1-5,7-8,11-12,14,16H2,(H2,27,32)(H3,28,29,33). The highest BCUT2D eigenvalue weighted by molar-refractivity contribution is 7.20. The number of hydroxylamine groups is 2. The molecule has 0 spiro atoms. The molecule has 2 aliphatic carbocycles. The number of primary amides is 2. The van der Waals surface area contributed by atoms with Crippen molar-refractivity contribution in [2.45, 2.75) is 76.8 Å². The Bertz CT molecular complexity index is 1060. The zero-order chi connectivity index (χ0) is 24.8. The molecule has 2 fully saturated rings. The van der Waals surface area contributed by atoms with Crippen LogP contribution < -0.4 is 16.8 Å². The van der Waals surface area contributed by atoms with Crippen molar-refractivity contribution < 1.29 is 19.2 Å². The summed E-state index contributed by atoms with van der Waals surface area (Å²) in [6.07, 6.45) is 10.7. The summed E-state index contributed by atoms with van der Waals surface area (Å²) in [5.41, 5.74) is 12.8. The van der Waals surface area contributed by atoms with Crippen LogP contribution in [0, 0.1) is 5.92 Å². The number of rotatable bonds is 9. The molecule has 1 aromatic carbocycles. The molecule has 188 valence electrons. The van der Waals surface area contributed by atoms with Gasteiger partial charge in [0.25, 0.3) is 5.91 Å². The lowest BCUT2D eigenvalue weighted by atomic mass is 9.87. The van der Waals surface area contributed by atoms with Gasteiger partial charge in [-0.15, -0.1) is 16.4 Å². The van der Waals surface area contributed by atoms with Crippen molar-refractivity contribution in [2.24, 2.45) is 17.4 Å². The molecule has 9 heteroatoms.